The highest BCUT2D eigenvalue weighted by molar-refractivity contribution is 7.85. The highest BCUT2D eigenvalue weighted by atomic mass is 32.2. The topological polar surface area (TPSA) is 81.7 Å². The fourth-order valence-corrected chi connectivity index (χ4v) is 3.08. The zero-order chi connectivity index (χ0) is 17.3. The molecule has 1 N–H and O–H groups in total. The Morgan fingerprint density at radius 1 is 1.30 bits per heavy atom. The van der Waals surface area contributed by atoms with E-state index in [0.29, 0.717) is 6.42 Å². The fourth-order valence-electron chi connectivity index (χ4n) is 2.69. The standard InChI is InChI=1S/C16H23NO5S/c1-16(2,3)22-15(18)17-14-9-11-7-5-6-8-12(11)13(14)10-21-23(4,19)20/h5-8,13-14H,9-10H2,1-4H3,(H,17,18). The summed E-state index contributed by atoms with van der Waals surface area (Å²) in [7, 11) is -3.54. The van der Waals surface area contributed by atoms with Crippen molar-refractivity contribution >= 4 is 16.2 Å². The predicted octanol–water partition coefficient (Wildman–Crippen LogP) is 2.20. The van der Waals surface area contributed by atoms with Gasteiger partial charge in [-0.1, -0.05) is 24.3 Å². The molecule has 1 aliphatic carbocycles. The van der Waals surface area contributed by atoms with Crippen molar-refractivity contribution in [1.82, 2.24) is 5.32 Å². The number of fused-ring (bicyclic) bond motifs is 1. The molecule has 7 heteroatoms. The lowest BCUT2D eigenvalue weighted by Gasteiger charge is -2.24. The molecule has 0 fully saturated rings. The average molecular weight is 341 g/mol. The normalized spacial score (nSPS) is 20.9. The molecule has 23 heavy (non-hydrogen) atoms. The summed E-state index contributed by atoms with van der Waals surface area (Å²) >= 11 is 0. The van der Waals surface area contributed by atoms with E-state index in [0.717, 1.165) is 17.4 Å². The van der Waals surface area contributed by atoms with Crippen molar-refractivity contribution in [3.63, 3.8) is 0 Å². The molecule has 1 amide bonds. The van der Waals surface area contributed by atoms with Gasteiger partial charge in [-0.25, -0.2) is 4.79 Å². The summed E-state index contributed by atoms with van der Waals surface area (Å²) in [5.74, 6) is -0.228. The summed E-state index contributed by atoms with van der Waals surface area (Å²) in [6.07, 6.45) is 1.12. The number of amides is 1. The second-order valence-electron chi connectivity index (χ2n) is 6.75. The summed E-state index contributed by atoms with van der Waals surface area (Å²) in [6, 6.07) is 7.46. The monoisotopic (exact) mass is 341 g/mol. The SMILES string of the molecule is CC(C)(C)OC(=O)NC1Cc2ccccc2C1COS(C)(=O)=O. The Morgan fingerprint density at radius 2 is 1.96 bits per heavy atom. The van der Waals surface area contributed by atoms with Gasteiger partial charge in [-0.3, -0.25) is 4.18 Å². The van der Waals surface area contributed by atoms with Gasteiger partial charge in [0, 0.05) is 12.0 Å². The lowest BCUT2D eigenvalue weighted by Crippen LogP contribution is -2.42. The summed E-state index contributed by atoms with van der Waals surface area (Å²) < 4.78 is 32.8. The third-order valence-electron chi connectivity index (χ3n) is 3.54. The number of rotatable bonds is 4. The Hall–Kier alpha value is -1.60. The van der Waals surface area contributed by atoms with Gasteiger partial charge in [-0.05, 0) is 38.3 Å². The number of alkyl carbamates (subject to hydrolysis) is 1. The summed E-state index contributed by atoms with van der Waals surface area (Å²) in [6.45, 7) is 5.37. The molecule has 0 spiro atoms. The van der Waals surface area contributed by atoms with Crippen LogP contribution in [0, 0.1) is 0 Å². The maximum Gasteiger partial charge on any atom is 0.407 e. The fraction of sp³-hybridized carbons (Fsp3) is 0.562. The maximum absolute atomic E-state index is 12.0. The van der Waals surface area contributed by atoms with Crippen LogP contribution >= 0.6 is 0 Å². The molecule has 0 aromatic heterocycles. The Kier molecular flexibility index (Phi) is 5.01. The van der Waals surface area contributed by atoms with Crippen molar-refractivity contribution in [1.29, 1.82) is 0 Å². The molecule has 128 valence electrons. The molecule has 2 unspecified atom stereocenters. The second kappa shape index (κ2) is 6.49. The molecular formula is C16H23NO5S. The molecular weight excluding hydrogens is 318 g/mol. The molecule has 0 bridgehead atoms. The van der Waals surface area contributed by atoms with Crippen molar-refractivity contribution in [3.8, 4) is 0 Å². The number of carbonyl (C=O) groups is 1. The number of ether oxygens (including phenoxy) is 1. The quantitative estimate of drug-likeness (QED) is 0.849. The van der Waals surface area contributed by atoms with E-state index >= 15 is 0 Å². The third kappa shape index (κ3) is 5.21. The van der Waals surface area contributed by atoms with E-state index < -0.39 is 21.8 Å². The number of benzene rings is 1. The summed E-state index contributed by atoms with van der Waals surface area (Å²) in [5, 5.41) is 2.83. The van der Waals surface area contributed by atoms with Crippen LogP contribution in [0.3, 0.4) is 0 Å². The highest BCUT2D eigenvalue weighted by Crippen LogP contribution is 2.34. The largest absolute Gasteiger partial charge is 0.444 e. The minimum absolute atomic E-state index is 0.00366. The van der Waals surface area contributed by atoms with Crippen molar-refractivity contribution in [3.05, 3.63) is 35.4 Å². The number of hydrogen-bond acceptors (Lipinski definition) is 5. The Balaban J connectivity index is 2.13. The van der Waals surface area contributed by atoms with Gasteiger partial charge in [-0.2, -0.15) is 8.42 Å². The van der Waals surface area contributed by atoms with Crippen LogP contribution in [0.2, 0.25) is 0 Å². The number of nitrogens with one attached hydrogen (secondary N) is 1. The van der Waals surface area contributed by atoms with E-state index in [9.17, 15) is 13.2 Å². The van der Waals surface area contributed by atoms with Crippen molar-refractivity contribution in [2.24, 2.45) is 0 Å². The van der Waals surface area contributed by atoms with Crippen molar-refractivity contribution in [2.45, 2.75) is 44.8 Å². The zero-order valence-corrected chi connectivity index (χ0v) is 14.6. The average Bonchev–Trinajstić information content (AvgIpc) is 2.70. The van der Waals surface area contributed by atoms with E-state index in [-0.39, 0.29) is 18.6 Å². The first-order valence-electron chi connectivity index (χ1n) is 7.47. The van der Waals surface area contributed by atoms with Crippen LogP contribution in [-0.4, -0.2) is 39.0 Å². The Morgan fingerprint density at radius 3 is 2.57 bits per heavy atom. The molecule has 1 aromatic rings. The van der Waals surface area contributed by atoms with Gasteiger partial charge in [0.2, 0.25) is 0 Å². The molecule has 0 aliphatic heterocycles. The van der Waals surface area contributed by atoms with Gasteiger partial charge in [0.05, 0.1) is 12.9 Å². The lowest BCUT2D eigenvalue weighted by atomic mass is 9.99. The molecule has 6 nitrogen and oxygen atoms in total. The van der Waals surface area contributed by atoms with Crippen LogP contribution in [0.4, 0.5) is 4.79 Å². The maximum atomic E-state index is 12.0. The molecule has 1 aliphatic rings. The van der Waals surface area contributed by atoms with E-state index in [1.165, 1.54) is 0 Å². The van der Waals surface area contributed by atoms with Crippen LogP contribution in [-0.2, 0) is 25.5 Å². The lowest BCUT2D eigenvalue weighted by molar-refractivity contribution is 0.0495. The first-order valence-corrected chi connectivity index (χ1v) is 9.28. The summed E-state index contributed by atoms with van der Waals surface area (Å²) in [5.41, 5.74) is 1.49. The molecule has 0 radical (unpaired) electrons. The molecule has 0 saturated heterocycles. The number of carbonyl (C=O) groups excluding carboxylic acids is 1. The van der Waals surface area contributed by atoms with E-state index in [1.54, 1.807) is 20.8 Å². The van der Waals surface area contributed by atoms with Crippen LogP contribution in [0.15, 0.2) is 24.3 Å². The van der Waals surface area contributed by atoms with E-state index in [2.05, 4.69) is 5.32 Å². The van der Waals surface area contributed by atoms with E-state index in [4.69, 9.17) is 8.92 Å². The van der Waals surface area contributed by atoms with Crippen molar-refractivity contribution in [2.75, 3.05) is 12.9 Å². The summed E-state index contributed by atoms with van der Waals surface area (Å²) in [4.78, 5) is 12.0. The van der Waals surface area contributed by atoms with Gasteiger partial charge < -0.3 is 10.1 Å². The van der Waals surface area contributed by atoms with Gasteiger partial charge in [0.1, 0.15) is 5.60 Å². The van der Waals surface area contributed by atoms with E-state index in [1.807, 2.05) is 24.3 Å². The smallest absolute Gasteiger partial charge is 0.407 e. The van der Waals surface area contributed by atoms with Crippen LogP contribution in [0.1, 0.15) is 37.8 Å². The molecule has 1 aromatic carbocycles. The molecule has 0 heterocycles. The minimum Gasteiger partial charge on any atom is -0.444 e. The Bertz CT molecular complexity index is 678. The third-order valence-corrected chi connectivity index (χ3v) is 4.11. The minimum atomic E-state index is -3.54. The van der Waals surface area contributed by atoms with Crippen molar-refractivity contribution < 1.29 is 22.1 Å². The first-order chi connectivity index (χ1) is 10.6. The second-order valence-corrected chi connectivity index (χ2v) is 8.39. The first kappa shape index (κ1) is 17.7. The van der Waals surface area contributed by atoms with Gasteiger partial charge in [0.15, 0.2) is 0 Å². The highest BCUT2D eigenvalue weighted by Gasteiger charge is 2.35. The zero-order valence-electron chi connectivity index (χ0n) is 13.8. The van der Waals surface area contributed by atoms with Gasteiger partial charge in [-0.15, -0.1) is 0 Å². The Labute approximate surface area is 137 Å². The van der Waals surface area contributed by atoms with Crippen LogP contribution in [0.5, 0.6) is 0 Å². The number of hydrogen-bond donors (Lipinski definition) is 1. The van der Waals surface area contributed by atoms with Crippen LogP contribution < -0.4 is 5.32 Å². The predicted molar refractivity (Wildman–Crippen MR) is 86.8 cm³/mol. The molecule has 2 atom stereocenters. The van der Waals surface area contributed by atoms with Gasteiger partial charge >= 0.3 is 6.09 Å². The van der Waals surface area contributed by atoms with Crippen LogP contribution in [0.25, 0.3) is 0 Å². The molecule has 0 saturated carbocycles. The van der Waals surface area contributed by atoms with Gasteiger partial charge in [0.25, 0.3) is 10.1 Å². The molecule has 2 rings (SSSR count).